The first-order valence-electron chi connectivity index (χ1n) is 4.20. The Morgan fingerprint density at radius 3 is 2.77 bits per heavy atom. The molecule has 0 saturated heterocycles. The highest BCUT2D eigenvalue weighted by atomic mass is 16.6. The first kappa shape index (κ1) is 7.98. The SMILES string of the molecule is O=[N+]([O-])C1=Cc2ccccc2CC1. The van der Waals surface area contributed by atoms with Crippen molar-refractivity contribution in [2.24, 2.45) is 0 Å². The molecule has 1 aliphatic carbocycles. The largest absolute Gasteiger partial charge is 0.259 e. The average molecular weight is 175 g/mol. The van der Waals surface area contributed by atoms with E-state index in [0.717, 1.165) is 12.0 Å². The van der Waals surface area contributed by atoms with Gasteiger partial charge in [-0.15, -0.1) is 0 Å². The summed E-state index contributed by atoms with van der Waals surface area (Å²) in [6, 6.07) is 7.79. The van der Waals surface area contributed by atoms with E-state index in [4.69, 9.17) is 0 Å². The molecule has 0 radical (unpaired) electrons. The molecule has 0 saturated carbocycles. The zero-order chi connectivity index (χ0) is 9.26. The fourth-order valence-corrected chi connectivity index (χ4v) is 1.56. The Kier molecular flexibility index (Phi) is 1.85. The van der Waals surface area contributed by atoms with E-state index in [0.29, 0.717) is 12.1 Å². The zero-order valence-electron chi connectivity index (χ0n) is 7.06. The number of rotatable bonds is 1. The number of aryl methyl sites for hydroxylation is 1. The Balaban J connectivity index is 2.44. The lowest BCUT2D eigenvalue weighted by molar-refractivity contribution is -0.426. The van der Waals surface area contributed by atoms with Crippen LogP contribution in [0, 0.1) is 10.1 Å². The highest BCUT2D eigenvalue weighted by Gasteiger charge is 2.17. The van der Waals surface area contributed by atoms with Gasteiger partial charge in [0.05, 0.1) is 4.92 Å². The fraction of sp³-hybridized carbons (Fsp3) is 0.200. The molecular weight excluding hydrogens is 166 g/mol. The van der Waals surface area contributed by atoms with E-state index in [2.05, 4.69) is 0 Å². The van der Waals surface area contributed by atoms with Crippen LogP contribution < -0.4 is 0 Å². The maximum absolute atomic E-state index is 10.5. The molecule has 2 rings (SSSR count). The second kappa shape index (κ2) is 3.01. The number of fused-ring (bicyclic) bond motifs is 1. The van der Waals surface area contributed by atoms with E-state index in [-0.39, 0.29) is 4.92 Å². The van der Waals surface area contributed by atoms with Crippen LogP contribution in [0.4, 0.5) is 0 Å². The quantitative estimate of drug-likeness (QED) is 0.485. The number of hydrogen-bond acceptors (Lipinski definition) is 2. The van der Waals surface area contributed by atoms with Gasteiger partial charge in [-0.1, -0.05) is 24.3 Å². The van der Waals surface area contributed by atoms with Crippen LogP contribution in [0.2, 0.25) is 0 Å². The van der Waals surface area contributed by atoms with Gasteiger partial charge in [0.2, 0.25) is 5.70 Å². The molecular formula is C10H9NO2. The summed E-state index contributed by atoms with van der Waals surface area (Å²) in [5.41, 5.74) is 2.51. The van der Waals surface area contributed by atoms with E-state index < -0.39 is 0 Å². The average Bonchev–Trinajstić information content (AvgIpc) is 2.17. The first-order chi connectivity index (χ1) is 6.27. The molecule has 0 amide bonds. The van der Waals surface area contributed by atoms with Gasteiger partial charge < -0.3 is 0 Å². The van der Waals surface area contributed by atoms with E-state index in [1.165, 1.54) is 5.56 Å². The van der Waals surface area contributed by atoms with Crippen LogP contribution in [0.15, 0.2) is 30.0 Å². The number of nitrogens with zero attached hydrogens (tertiary/aromatic N) is 1. The number of benzene rings is 1. The van der Waals surface area contributed by atoms with Crippen molar-refractivity contribution >= 4 is 6.08 Å². The third kappa shape index (κ3) is 1.45. The second-order valence-corrected chi connectivity index (χ2v) is 3.09. The Bertz CT molecular complexity index is 382. The predicted octanol–water partition coefficient (Wildman–Crippen LogP) is 2.25. The van der Waals surface area contributed by atoms with Crippen LogP contribution in [-0.4, -0.2) is 4.92 Å². The summed E-state index contributed by atoms with van der Waals surface area (Å²) in [4.78, 5) is 10.2. The lowest BCUT2D eigenvalue weighted by Gasteiger charge is -2.10. The van der Waals surface area contributed by atoms with Gasteiger partial charge in [0.1, 0.15) is 0 Å². The van der Waals surface area contributed by atoms with Crippen LogP contribution in [0.5, 0.6) is 0 Å². The van der Waals surface area contributed by atoms with Crippen molar-refractivity contribution < 1.29 is 4.92 Å². The minimum atomic E-state index is -0.296. The highest BCUT2D eigenvalue weighted by Crippen LogP contribution is 2.23. The van der Waals surface area contributed by atoms with Gasteiger partial charge >= 0.3 is 0 Å². The van der Waals surface area contributed by atoms with Crippen molar-refractivity contribution in [2.45, 2.75) is 12.8 Å². The molecule has 66 valence electrons. The lowest BCUT2D eigenvalue weighted by atomic mass is 9.96. The van der Waals surface area contributed by atoms with Crippen LogP contribution in [-0.2, 0) is 6.42 Å². The predicted molar refractivity (Wildman–Crippen MR) is 49.7 cm³/mol. The van der Waals surface area contributed by atoms with Gasteiger partial charge in [-0.3, -0.25) is 10.1 Å². The van der Waals surface area contributed by atoms with Gasteiger partial charge in [0, 0.05) is 12.5 Å². The van der Waals surface area contributed by atoms with Crippen molar-refractivity contribution in [3.63, 3.8) is 0 Å². The molecule has 0 unspecified atom stereocenters. The van der Waals surface area contributed by atoms with Gasteiger partial charge in [-0.2, -0.15) is 0 Å². The summed E-state index contributed by atoms with van der Waals surface area (Å²) in [6.45, 7) is 0. The smallest absolute Gasteiger partial charge is 0.247 e. The third-order valence-electron chi connectivity index (χ3n) is 2.26. The van der Waals surface area contributed by atoms with Crippen LogP contribution >= 0.6 is 0 Å². The van der Waals surface area contributed by atoms with E-state index in [9.17, 15) is 10.1 Å². The molecule has 0 aliphatic heterocycles. The van der Waals surface area contributed by atoms with Crippen molar-refractivity contribution in [1.29, 1.82) is 0 Å². The van der Waals surface area contributed by atoms with Crippen molar-refractivity contribution in [2.75, 3.05) is 0 Å². The molecule has 0 fully saturated rings. The summed E-state index contributed by atoms with van der Waals surface area (Å²) < 4.78 is 0. The monoisotopic (exact) mass is 175 g/mol. The van der Waals surface area contributed by atoms with Crippen molar-refractivity contribution in [3.05, 3.63) is 51.2 Å². The summed E-state index contributed by atoms with van der Waals surface area (Å²) in [5.74, 6) is 0. The molecule has 1 aliphatic rings. The Morgan fingerprint density at radius 2 is 2.00 bits per heavy atom. The lowest BCUT2D eigenvalue weighted by Crippen LogP contribution is -2.05. The Labute approximate surface area is 75.8 Å². The molecule has 0 heterocycles. The molecule has 3 nitrogen and oxygen atoms in total. The van der Waals surface area contributed by atoms with Crippen LogP contribution in [0.3, 0.4) is 0 Å². The number of hydrogen-bond donors (Lipinski definition) is 0. The maximum atomic E-state index is 10.5. The van der Waals surface area contributed by atoms with E-state index >= 15 is 0 Å². The molecule has 13 heavy (non-hydrogen) atoms. The number of allylic oxidation sites excluding steroid dienone is 1. The normalized spacial score (nSPS) is 14.6. The minimum Gasteiger partial charge on any atom is -0.259 e. The Hall–Kier alpha value is -1.64. The van der Waals surface area contributed by atoms with Crippen molar-refractivity contribution in [3.8, 4) is 0 Å². The summed E-state index contributed by atoms with van der Waals surface area (Å²) in [7, 11) is 0. The molecule has 0 bridgehead atoms. The molecule has 0 spiro atoms. The summed E-state index contributed by atoms with van der Waals surface area (Å²) >= 11 is 0. The summed E-state index contributed by atoms with van der Waals surface area (Å²) in [5, 5.41) is 10.5. The molecule has 3 heteroatoms. The second-order valence-electron chi connectivity index (χ2n) is 3.09. The minimum absolute atomic E-state index is 0.296. The highest BCUT2D eigenvalue weighted by molar-refractivity contribution is 5.57. The van der Waals surface area contributed by atoms with Gasteiger partial charge in [0.15, 0.2) is 0 Å². The van der Waals surface area contributed by atoms with E-state index in [1.54, 1.807) is 6.08 Å². The molecule has 0 aromatic heterocycles. The van der Waals surface area contributed by atoms with E-state index in [1.807, 2.05) is 24.3 Å². The zero-order valence-corrected chi connectivity index (χ0v) is 7.06. The van der Waals surface area contributed by atoms with Crippen LogP contribution in [0.1, 0.15) is 17.5 Å². The first-order valence-corrected chi connectivity index (χ1v) is 4.20. The number of nitro groups is 1. The van der Waals surface area contributed by atoms with Gasteiger partial charge in [-0.25, -0.2) is 0 Å². The van der Waals surface area contributed by atoms with Crippen molar-refractivity contribution in [1.82, 2.24) is 0 Å². The molecule has 0 N–H and O–H groups in total. The maximum Gasteiger partial charge on any atom is 0.247 e. The topological polar surface area (TPSA) is 43.1 Å². The van der Waals surface area contributed by atoms with Crippen LogP contribution in [0.25, 0.3) is 6.08 Å². The fourth-order valence-electron chi connectivity index (χ4n) is 1.56. The van der Waals surface area contributed by atoms with Gasteiger partial charge in [0.25, 0.3) is 0 Å². The standard InChI is InChI=1S/C10H9NO2/c12-11(13)10-6-5-8-3-1-2-4-9(8)7-10/h1-4,7H,5-6H2. The molecule has 0 atom stereocenters. The third-order valence-corrected chi connectivity index (χ3v) is 2.26. The summed E-state index contributed by atoms with van der Waals surface area (Å²) in [6.07, 6.45) is 2.99. The molecule has 1 aromatic rings. The molecule has 1 aromatic carbocycles. The Morgan fingerprint density at radius 1 is 1.23 bits per heavy atom. The van der Waals surface area contributed by atoms with Gasteiger partial charge in [-0.05, 0) is 17.5 Å².